The molecule has 0 amide bonds. The minimum absolute atomic E-state index is 0.0730. The molecule has 0 rings (SSSR count). The Balaban J connectivity index is 3.75. The first kappa shape index (κ1) is 16.5. The third-order valence-electron chi connectivity index (χ3n) is 2.20. The molecule has 0 radical (unpaired) electrons. The Morgan fingerprint density at radius 2 is 1.41 bits per heavy atom. The van der Waals surface area contributed by atoms with Crippen molar-refractivity contribution in [3.63, 3.8) is 0 Å². The summed E-state index contributed by atoms with van der Waals surface area (Å²) < 4.78 is 71.4. The fourth-order valence-corrected chi connectivity index (χ4v) is 1.58. The van der Waals surface area contributed by atoms with Crippen LogP contribution in [0, 0.1) is 0 Å². The van der Waals surface area contributed by atoms with Crippen molar-refractivity contribution in [1.82, 2.24) is 5.32 Å². The van der Waals surface area contributed by atoms with Gasteiger partial charge < -0.3 is 5.32 Å². The Labute approximate surface area is 96.6 Å². The van der Waals surface area contributed by atoms with E-state index >= 15 is 0 Å². The molecule has 0 fully saturated rings. The molecule has 0 spiro atoms. The maximum atomic E-state index is 12.0. The van der Waals surface area contributed by atoms with Crippen LogP contribution in [-0.4, -0.2) is 24.4 Å². The van der Waals surface area contributed by atoms with Crippen molar-refractivity contribution in [3.05, 3.63) is 0 Å². The summed E-state index contributed by atoms with van der Waals surface area (Å²) in [6.07, 6.45) is -10.2. The van der Waals surface area contributed by atoms with Crippen LogP contribution >= 0.6 is 0 Å². The number of rotatable bonds is 6. The summed E-state index contributed by atoms with van der Waals surface area (Å²) in [5.41, 5.74) is 0. The van der Waals surface area contributed by atoms with Gasteiger partial charge >= 0.3 is 12.4 Å². The summed E-state index contributed by atoms with van der Waals surface area (Å²) in [6, 6.07) is -1.13. The molecule has 0 saturated heterocycles. The van der Waals surface area contributed by atoms with Crippen LogP contribution in [0.25, 0.3) is 0 Å². The van der Waals surface area contributed by atoms with Crippen LogP contribution in [0.4, 0.5) is 26.3 Å². The molecule has 1 nitrogen and oxygen atoms in total. The van der Waals surface area contributed by atoms with Crippen LogP contribution in [-0.2, 0) is 0 Å². The quantitative estimate of drug-likeness (QED) is 0.715. The van der Waals surface area contributed by atoms with Gasteiger partial charge in [-0.2, -0.15) is 26.3 Å². The number of hydrogen-bond donors (Lipinski definition) is 1. The van der Waals surface area contributed by atoms with Gasteiger partial charge in [-0.25, -0.2) is 0 Å². The first-order valence-electron chi connectivity index (χ1n) is 5.39. The van der Waals surface area contributed by atoms with Crippen LogP contribution in [0.2, 0.25) is 0 Å². The molecule has 0 aromatic rings. The Morgan fingerprint density at radius 1 is 0.882 bits per heavy atom. The van der Waals surface area contributed by atoms with Crippen LogP contribution in [0.3, 0.4) is 0 Å². The van der Waals surface area contributed by atoms with Gasteiger partial charge in [0.25, 0.3) is 0 Å². The summed E-state index contributed by atoms with van der Waals surface area (Å²) in [7, 11) is 0. The molecule has 2 atom stereocenters. The molecule has 0 aliphatic heterocycles. The van der Waals surface area contributed by atoms with Gasteiger partial charge in [0.1, 0.15) is 0 Å². The largest absolute Gasteiger partial charge is 0.390 e. The molecule has 1 N–H and O–H groups in total. The fourth-order valence-electron chi connectivity index (χ4n) is 1.58. The van der Waals surface area contributed by atoms with E-state index in [2.05, 4.69) is 5.32 Å². The molecule has 0 aliphatic carbocycles. The maximum absolute atomic E-state index is 12.0. The van der Waals surface area contributed by atoms with Crippen molar-refractivity contribution < 1.29 is 26.3 Å². The van der Waals surface area contributed by atoms with Gasteiger partial charge in [0.2, 0.25) is 0 Å². The third kappa shape index (κ3) is 11.8. The zero-order valence-electron chi connectivity index (χ0n) is 9.75. The molecule has 0 heterocycles. The molecular formula is C10H17F6N. The zero-order valence-corrected chi connectivity index (χ0v) is 9.75. The van der Waals surface area contributed by atoms with Crippen molar-refractivity contribution in [2.24, 2.45) is 0 Å². The van der Waals surface area contributed by atoms with E-state index in [1.165, 1.54) is 6.92 Å². The zero-order chi connectivity index (χ0) is 13.7. The predicted molar refractivity (Wildman–Crippen MR) is 52.6 cm³/mol. The molecular weight excluding hydrogens is 248 g/mol. The normalized spacial score (nSPS) is 16.9. The molecule has 0 aromatic carbocycles. The van der Waals surface area contributed by atoms with Crippen LogP contribution < -0.4 is 5.32 Å². The van der Waals surface area contributed by atoms with E-state index in [9.17, 15) is 26.3 Å². The molecule has 0 saturated carbocycles. The van der Waals surface area contributed by atoms with E-state index in [-0.39, 0.29) is 18.9 Å². The minimum Gasteiger partial charge on any atom is -0.311 e. The van der Waals surface area contributed by atoms with Gasteiger partial charge in [-0.05, 0) is 26.7 Å². The van der Waals surface area contributed by atoms with Gasteiger partial charge in [0.15, 0.2) is 0 Å². The summed E-state index contributed by atoms with van der Waals surface area (Å²) in [5, 5.41) is 2.64. The van der Waals surface area contributed by atoms with Gasteiger partial charge in [0, 0.05) is 18.5 Å². The highest BCUT2D eigenvalue weighted by Crippen LogP contribution is 2.24. The lowest BCUT2D eigenvalue weighted by atomic mass is 10.1. The molecule has 0 aromatic heterocycles. The standard InChI is InChI=1S/C10H17F6N/c1-7(4-3-5-9(11,12)13)17-8(2)6-10(14,15)16/h7-8,17H,3-6H2,1-2H3. The smallest absolute Gasteiger partial charge is 0.311 e. The van der Waals surface area contributed by atoms with Crippen molar-refractivity contribution in [1.29, 1.82) is 0 Å². The molecule has 17 heavy (non-hydrogen) atoms. The van der Waals surface area contributed by atoms with Gasteiger partial charge in [0.05, 0.1) is 6.42 Å². The fraction of sp³-hybridized carbons (Fsp3) is 1.00. The monoisotopic (exact) mass is 265 g/mol. The van der Waals surface area contributed by atoms with Crippen molar-refractivity contribution in [2.45, 2.75) is 64.0 Å². The van der Waals surface area contributed by atoms with Gasteiger partial charge in [-0.1, -0.05) is 0 Å². The highest BCUT2D eigenvalue weighted by molar-refractivity contribution is 4.71. The second-order valence-electron chi connectivity index (χ2n) is 4.30. The van der Waals surface area contributed by atoms with E-state index in [1.54, 1.807) is 6.92 Å². The number of halogens is 6. The second-order valence-corrected chi connectivity index (χ2v) is 4.30. The lowest BCUT2D eigenvalue weighted by Gasteiger charge is -2.21. The minimum atomic E-state index is -4.25. The van der Waals surface area contributed by atoms with E-state index in [1.807, 2.05) is 0 Å². The highest BCUT2D eigenvalue weighted by atomic mass is 19.4. The molecule has 7 heteroatoms. The van der Waals surface area contributed by atoms with Crippen molar-refractivity contribution in [3.8, 4) is 0 Å². The Morgan fingerprint density at radius 3 is 1.82 bits per heavy atom. The Bertz CT molecular complexity index is 210. The van der Waals surface area contributed by atoms with E-state index in [4.69, 9.17) is 0 Å². The van der Waals surface area contributed by atoms with Gasteiger partial charge in [-0.15, -0.1) is 0 Å². The van der Waals surface area contributed by atoms with E-state index in [0.717, 1.165) is 0 Å². The first-order valence-corrected chi connectivity index (χ1v) is 5.39. The topological polar surface area (TPSA) is 12.0 Å². The first-order chi connectivity index (χ1) is 7.49. The lowest BCUT2D eigenvalue weighted by molar-refractivity contribution is -0.139. The number of hydrogen-bond acceptors (Lipinski definition) is 1. The lowest BCUT2D eigenvalue weighted by Crippen LogP contribution is -2.37. The number of nitrogens with one attached hydrogen (secondary N) is 1. The summed E-state index contributed by atoms with van der Waals surface area (Å²) in [4.78, 5) is 0. The predicted octanol–water partition coefficient (Wildman–Crippen LogP) is 4.04. The third-order valence-corrected chi connectivity index (χ3v) is 2.20. The summed E-state index contributed by atoms with van der Waals surface area (Å²) >= 11 is 0. The average Bonchev–Trinajstić information content (AvgIpc) is 1.96. The van der Waals surface area contributed by atoms with Crippen molar-refractivity contribution >= 4 is 0 Å². The van der Waals surface area contributed by atoms with Crippen LogP contribution in [0.1, 0.15) is 39.5 Å². The SMILES string of the molecule is CC(CCCC(F)(F)F)NC(C)CC(F)(F)F. The van der Waals surface area contributed by atoms with E-state index < -0.39 is 31.2 Å². The van der Waals surface area contributed by atoms with Crippen molar-refractivity contribution in [2.75, 3.05) is 0 Å². The van der Waals surface area contributed by atoms with Crippen LogP contribution in [0.5, 0.6) is 0 Å². The maximum Gasteiger partial charge on any atom is 0.390 e. The Hall–Kier alpha value is -0.460. The molecule has 0 bridgehead atoms. The van der Waals surface area contributed by atoms with Crippen LogP contribution in [0.15, 0.2) is 0 Å². The average molecular weight is 265 g/mol. The molecule has 104 valence electrons. The number of alkyl halides is 6. The summed E-state index contributed by atoms with van der Waals surface area (Å²) in [5.74, 6) is 0. The summed E-state index contributed by atoms with van der Waals surface area (Å²) in [6.45, 7) is 2.96. The highest BCUT2D eigenvalue weighted by Gasteiger charge is 2.30. The molecule has 2 unspecified atom stereocenters. The second kappa shape index (κ2) is 6.47. The molecule has 0 aliphatic rings. The Kier molecular flexibility index (Phi) is 6.29. The van der Waals surface area contributed by atoms with E-state index in [0.29, 0.717) is 0 Å². The van der Waals surface area contributed by atoms with Gasteiger partial charge in [-0.3, -0.25) is 0 Å².